The summed E-state index contributed by atoms with van der Waals surface area (Å²) in [5.74, 6) is 1.24. The summed E-state index contributed by atoms with van der Waals surface area (Å²) >= 11 is 1.60. The molecule has 96 valence electrons. The van der Waals surface area contributed by atoms with E-state index in [0.29, 0.717) is 28.7 Å². The Balaban J connectivity index is 2.06. The Kier molecular flexibility index (Phi) is 3.16. The fraction of sp³-hybridized carbons (Fsp3) is 0.154. The van der Waals surface area contributed by atoms with Crippen molar-refractivity contribution in [3.63, 3.8) is 0 Å². The first kappa shape index (κ1) is 12.1. The number of pyridine rings is 1. The topological polar surface area (TPSA) is 51.8 Å². The van der Waals surface area contributed by atoms with E-state index < -0.39 is 0 Å². The smallest absolute Gasteiger partial charge is 0.276 e. The molecule has 0 aliphatic rings. The Morgan fingerprint density at radius 3 is 2.95 bits per heavy atom. The van der Waals surface area contributed by atoms with Crippen LogP contribution in [0.5, 0.6) is 0 Å². The first-order valence-corrected chi connectivity index (χ1v) is 7.04. The van der Waals surface area contributed by atoms with E-state index in [2.05, 4.69) is 15.1 Å². The third kappa shape index (κ3) is 2.31. The van der Waals surface area contributed by atoms with Gasteiger partial charge in [-0.25, -0.2) is 9.37 Å². The number of halogens is 1. The van der Waals surface area contributed by atoms with Crippen LogP contribution in [-0.4, -0.2) is 21.4 Å². The third-order valence-corrected chi connectivity index (χ3v) is 3.18. The Bertz CT molecular complexity index is 729. The van der Waals surface area contributed by atoms with Gasteiger partial charge < -0.3 is 4.52 Å². The molecular weight excluding hydrogens is 265 g/mol. The van der Waals surface area contributed by atoms with Crippen LogP contribution in [0.25, 0.3) is 22.5 Å². The number of benzene rings is 1. The molecule has 0 saturated heterocycles. The highest BCUT2D eigenvalue weighted by Gasteiger charge is 2.11. The van der Waals surface area contributed by atoms with Gasteiger partial charge in [0.05, 0.1) is 5.75 Å². The van der Waals surface area contributed by atoms with Gasteiger partial charge in [-0.3, -0.25) is 0 Å². The van der Waals surface area contributed by atoms with E-state index in [4.69, 9.17) is 4.52 Å². The average Bonchev–Trinajstić information content (AvgIpc) is 2.88. The van der Waals surface area contributed by atoms with Crippen molar-refractivity contribution in [3.8, 4) is 11.6 Å². The normalized spacial score (nSPS) is 11.1. The monoisotopic (exact) mass is 275 g/mol. The zero-order valence-corrected chi connectivity index (χ0v) is 10.9. The van der Waals surface area contributed by atoms with Gasteiger partial charge in [0.15, 0.2) is 5.82 Å². The lowest BCUT2D eigenvalue weighted by Gasteiger charge is -1.99. The van der Waals surface area contributed by atoms with E-state index in [9.17, 15) is 4.39 Å². The van der Waals surface area contributed by atoms with Gasteiger partial charge in [0.1, 0.15) is 17.0 Å². The molecule has 0 aliphatic carbocycles. The fourth-order valence-electron chi connectivity index (χ4n) is 1.78. The lowest BCUT2D eigenvalue weighted by atomic mass is 10.2. The number of thioether (sulfide) groups is 1. The van der Waals surface area contributed by atoms with Crippen LogP contribution in [0.15, 0.2) is 34.9 Å². The molecule has 2 heterocycles. The summed E-state index contributed by atoms with van der Waals surface area (Å²) in [6.07, 6.45) is 1.96. The van der Waals surface area contributed by atoms with Crippen molar-refractivity contribution in [2.24, 2.45) is 0 Å². The second-order valence-corrected chi connectivity index (χ2v) is 4.82. The molecule has 0 fully saturated rings. The van der Waals surface area contributed by atoms with Crippen LogP contribution in [0.4, 0.5) is 4.39 Å². The SMILES string of the molecule is CSCc1noc(-c2ccc3cccc(F)c3n2)n1. The Morgan fingerprint density at radius 2 is 2.11 bits per heavy atom. The first-order chi connectivity index (χ1) is 9.28. The Morgan fingerprint density at radius 1 is 1.21 bits per heavy atom. The summed E-state index contributed by atoms with van der Waals surface area (Å²) in [7, 11) is 0. The quantitative estimate of drug-likeness (QED) is 0.734. The van der Waals surface area contributed by atoms with E-state index in [1.165, 1.54) is 6.07 Å². The molecule has 0 radical (unpaired) electrons. The van der Waals surface area contributed by atoms with E-state index in [1.54, 1.807) is 30.0 Å². The molecule has 2 aromatic heterocycles. The maximum absolute atomic E-state index is 13.7. The van der Waals surface area contributed by atoms with Crippen molar-refractivity contribution in [1.82, 2.24) is 15.1 Å². The largest absolute Gasteiger partial charge is 0.332 e. The van der Waals surface area contributed by atoms with Crippen LogP contribution in [0.2, 0.25) is 0 Å². The van der Waals surface area contributed by atoms with E-state index in [-0.39, 0.29) is 5.82 Å². The van der Waals surface area contributed by atoms with Gasteiger partial charge in [0.2, 0.25) is 0 Å². The summed E-state index contributed by atoms with van der Waals surface area (Å²) < 4.78 is 18.8. The van der Waals surface area contributed by atoms with Crippen molar-refractivity contribution < 1.29 is 8.91 Å². The average molecular weight is 275 g/mol. The summed E-state index contributed by atoms with van der Waals surface area (Å²) in [6, 6.07) is 8.38. The van der Waals surface area contributed by atoms with Crippen molar-refractivity contribution in [1.29, 1.82) is 0 Å². The minimum Gasteiger partial charge on any atom is -0.332 e. The van der Waals surface area contributed by atoms with Gasteiger partial charge in [-0.15, -0.1) is 0 Å². The van der Waals surface area contributed by atoms with Crippen molar-refractivity contribution in [3.05, 3.63) is 42.0 Å². The predicted octanol–water partition coefficient (Wildman–Crippen LogP) is 3.29. The van der Waals surface area contributed by atoms with E-state index in [0.717, 1.165) is 5.39 Å². The Labute approximate surface area is 113 Å². The van der Waals surface area contributed by atoms with Crippen LogP contribution >= 0.6 is 11.8 Å². The van der Waals surface area contributed by atoms with Gasteiger partial charge >= 0.3 is 0 Å². The summed E-state index contributed by atoms with van der Waals surface area (Å²) in [5, 5.41) is 4.59. The lowest BCUT2D eigenvalue weighted by molar-refractivity contribution is 0.424. The van der Waals surface area contributed by atoms with E-state index in [1.807, 2.05) is 12.3 Å². The molecule has 0 N–H and O–H groups in total. The molecule has 19 heavy (non-hydrogen) atoms. The molecule has 3 rings (SSSR count). The van der Waals surface area contributed by atoms with Crippen LogP contribution in [0.1, 0.15) is 5.82 Å². The highest BCUT2D eigenvalue weighted by molar-refractivity contribution is 7.97. The zero-order valence-electron chi connectivity index (χ0n) is 10.1. The minimum absolute atomic E-state index is 0.310. The highest BCUT2D eigenvalue weighted by atomic mass is 32.2. The summed E-state index contributed by atoms with van der Waals surface area (Å²) in [5.41, 5.74) is 0.794. The molecule has 3 aromatic rings. The van der Waals surface area contributed by atoms with Crippen LogP contribution in [-0.2, 0) is 5.75 Å². The van der Waals surface area contributed by atoms with Crippen LogP contribution in [0.3, 0.4) is 0 Å². The molecule has 0 atom stereocenters. The number of para-hydroxylation sites is 1. The van der Waals surface area contributed by atoms with Gasteiger partial charge in [-0.2, -0.15) is 16.7 Å². The van der Waals surface area contributed by atoms with Crippen molar-refractivity contribution in [2.75, 3.05) is 6.26 Å². The molecule has 0 bridgehead atoms. The van der Waals surface area contributed by atoms with Crippen molar-refractivity contribution >= 4 is 22.7 Å². The molecule has 0 aliphatic heterocycles. The second kappa shape index (κ2) is 4.97. The zero-order chi connectivity index (χ0) is 13.2. The summed E-state index contributed by atoms with van der Waals surface area (Å²) in [6.45, 7) is 0. The molecule has 1 aromatic carbocycles. The molecule has 0 spiro atoms. The van der Waals surface area contributed by atoms with E-state index >= 15 is 0 Å². The minimum atomic E-state index is -0.358. The fourth-order valence-corrected chi connectivity index (χ4v) is 2.15. The second-order valence-electron chi connectivity index (χ2n) is 3.96. The highest BCUT2D eigenvalue weighted by Crippen LogP contribution is 2.21. The van der Waals surface area contributed by atoms with Crippen LogP contribution in [0, 0.1) is 5.82 Å². The number of hydrogen-bond acceptors (Lipinski definition) is 5. The number of aromatic nitrogens is 3. The molecule has 0 amide bonds. The van der Waals surface area contributed by atoms with Gasteiger partial charge in [0, 0.05) is 5.39 Å². The Hall–Kier alpha value is -1.95. The maximum atomic E-state index is 13.7. The number of fused-ring (bicyclic) bond motifs is 1. The molecule has 0 unspecified atom stereocenters. The number of rotatable bonds is 3. The first-order valence-electron chi connectivity index (χ1n) is 5.65. The standard InChI is InChI=1S/C13H10FN3OS/c1-19-7-11-16-13(18-17-11)10-6-5-8-3-2-4-9(14)12(8)15-10/h2-6H,7H2,1H3. The third-order valence-electron chi connectivity index (χ3n) is 2.63. The summed E-state index contributed by atoms with van der Waals surface area (Å²) in [4.78, 5) is 8.46. The van der Waals surface area contributed by atoms with Crippen LogP contribution < -0.4 is 0 Å². The number of hydrogen-bond donors (Lipinski definition) is 0. The molecule has 0 saturated carbocycles. The predicted molar refractivity (Wildman–Crippen MR) is 72.2 cm³/mol. The molecular formula is C13H10FN3OS. The number of nitrogens with zero attached hydrogens (tertiary/aromatic N) is 3. The van der Waals surface area contributed by atoms with Gasteiger partial charge in [-0.05, 0) is 18.4 Å². The van der Waals surface area contributed by atoms with Gasteiger partial charge in [0.25, 0.3) is 5.89 Å². The molecule has 4 nitrogen and oxygen atoms in total. The lowest BCUT2D eigenvalue weighted by Crippen LogP contribution is -1.89. The van der Waals surface area contributed by atoms with Crippen molar-refractivity contribution in [2.45, 2.75) is 5.75 Å². The maximum Gasteiger partial charge on any atom is 0.276 e. The molecule has 6 heteroatoms. The van der Waals surface area contributed by atoms with Gasteiger partial charge in [-0.1, -0.05) is 23.4 Å².